The zero-order valence-electron chi connectivity index (χ0n) is 12.3. The van der Waals surface area contributed by atoms with Crippen molar-refractivity contribution in [1.29, 1.82) is 0 Å². The predicted molar refractivity (Wildman–Crippen MR) is 76.0 cm³/mol. The van der Waals surface area contributed by atoms with Crippen LogP contribution in [0.4, 0.5) is 0 Å². The summed E-state index contributed by atoms with van der Waals surface area (Å²) in [5.41, 5.74) is 1.21. The normalized spacial score (nSPS) is 18.1. The van der Waals surface area contributed by atoms with Crippen molar-refractivity contribution in [3.63, 3.8) is 0 Å². The molecule has 1 aromatic heterocycles. The molecule has 0 aromatic carbocycles. The van der Waals surface area contributed by atoms with Crippen molar-refractivity contribution in [1.82, 2.24) is 14.9 Å². The van der Waals surface area contributed by atoms with E-state index in [4.69, 9.17) is 4.74 Å². The maximum atomic E-state index is 5.67. The molecule has 0 amide bonds. The number of nitrogens with zero attached hydrogens (tertiary/aromatic N) is 3. The third kappa shape index (κ3) is 4.25. The summed E-state index contributed by atoms with van der Waals surface area (Å²) in [7, 11) is 0. The molecule has 1 fully saturated rings. The number of hydrogen-bond donors (Lipinski definition) is 0. The summed E-state index contributed by atoms with van der Waals surface area (Å²) in [6, 6.07) is 0. The van der Waals surface area contributed by atoms with Crippen molar-refractivity contribution in [2.24, 2.45) is 0 Å². The predicted octanol–water partition coefficient (Wildman–Crippen LogP) is 2.60. The number of rotatable bonds is 5. The van der Waals surface area contributed by atoms with Crippen molar-refractivity contribution in [2.75, 3.05) is 19.7 Å². The van der Waals surface area contributed by atoms with E-state index in [0.717, 1.165) is 44.9 Å². The Morgan fingerprint density at radius 1 is 1.26 bits per heavy atom. The first-order valence-corrected chi connectivity index (χ1v) is 7.33. The molecule has 106 valence electrons. The largest absolute Gasteiger partial charge is 0.378 e. The molecule has 4 nitrogen and oxygen atoms in total. The number of hydrogen-bond acceptors (Lipinski definition) is 4. The topological polar surface area (TPSA) is 38.2 Å². The fraction of sp³-hybridized carbons (Fsp3) is 0.733. The molecule has 0 atom stereocenters. The Bertz CT molecular complexity index is 369. The number of aromatic nitrogens is 2. The van der Waals surface area contributed by atoms with Crippen LogP contribution in [-0.2, 0) is 11.3 Å². The van der Waals surface area contributed by atoms with E-state index in [1.165, 1.54) is 5.56 Å². The fourth-order valence-corrected chi connectivity index (χ4v) is 2.47. The van der Waals surface area contributed by atoms with E-state index in [2.05, 4.69) is 35.6 Å². The minimum atomic E-state index is 0.399. The first-order chi connectivity index (χ1) is 9.19. The summed E-state index contributed by atoms with van der Waals surface area (Å²) in [6.45, 7) is 10.3. The molecule has 1 aromatic rings. The van der Waals surface area contributed by atoms with Crippen LogP contribution in [0.5, 0.6) is 0 Å². The zero-order valence-corrected chi connectivity index (χ0v) is 12.3. The molecule has 1 aliphatic rings. The monoisotopic (exact) mass is 263 g/mol. The molecule has 0 aliphatic carbocycles. The van der Waals surface area contributed by atoms with Crippen LogP contribution in [0.3, 0.4) is 0 Å². The Kier molecular flexibility index (Phi) is 5.28. The van der Waals surface area contributed by atoms with Crippen molar-refractivity contribution >= 4 is 0 Å². The zero-order chi connectivity index (χ0) is 13.7. The average molecular weight is 263 g/mol. The number of ether oxygens (including phenoxy) is 1. The molecular weight excluding hydrogens is 238 g/mol. The highest BCUT2D eigenvalue weighted by Crippen LogP contribution is 2.16. The summed E-state index contributed by atoms with van der Waals surface area (Å²) in [6.07, 6.45) is 6.67. The van der Waals surface area contributed by atoms with Crippen LogP contribution in [0.15, 0.2) is 12.4 Å². The maximum Gasteiger partial charge on any atom is 0.130 e. The van der Waals surface area contributed by atoms with Gasteiger partial charge in [-0.1, -0.05) is 13.8 Å². The minimum Gasteiger partial charge on any atom is -0.378 e. The van der Waals surface area contributed by atoms with Crippen LogP contribution in [0.2, 0.25) is 0 Å². The fourth-order valence-electron chi connectivity index (χ4n) is 2.47. The van der Waals surface area contributed by atoms with Crippen molar-refractivity contribution in [3.05, 3.63) is 23.8 Å². The first kappa shape index (κ1) is 14.4. The quantitative estimate of drug-likeness (QED) is 0.818. The standard InChI is InChI=1S/C15H25N3O/c1-4-19-14-5-7-18(8-6-14)11-13-9-16-15(12(2)3)17-10-13/h9-10,12,14H,4-8,11H2,1-3H3. The van der Waals surface area contributed by atoms with E-state index >= 15 is 0 Å². The molecule has 2 rings (SSSR count). The second kappa shape index (κ2) is 6.96. The van der Waals surface area contributed by atoms with Crippen LogP contribution < -0.4 is 0 Å². The highest BCUT2D eigenvalue weighted by Gasteiger charge is 2.19. The molecule has 4 heteroatoms. The molecule has 0 radical (unpaired) electrons. The molecule has 0 spiro atoms. The van der Waals surface area contributed by atoms with E-state index < -0.39 is 0 Å². The highest BCUT2D eigenvalue weighted by molar-refractivity contribution is 5.06. The number of likely N-dealkylation sites (tertiary alicyclic amines) is 1. The number of piperidine rings is 1. The van der Waals surface area contributed by atoms with Crippen molar-refractivity contribution < 1.29 is 4.74 Å². The Hall–Kier alpha value is -1.00. The summed E-state index contributed by atoms with van der Waals surface area (Å²) >= 11 is 0. The van der Waals surface area contributed by atoms with Gasteiger partial charge in [-0.15, -0.1) is 0 Å². The second-order valence-electron chi connectivity index (χ2n) is 5.54. The Balaban J connectivity index is 1.82. The molecule has 0 unspecified atom stereocenters. The SMILES string of the molecule is CCOC1CCN(Cc2cnc(C(C)C)nc2)CC1. The van der Waals surface area contributed by atoms with Gasteiger partial charge in [0, 0.05) is 50.1 Å². The lowest BCUT2D eigenvalue weighted by Crippen LogP contribution is -2.36. The lowest BCUT2D eigenvalue weighted by atomic mass is 10.1. The molecule has 1 aliphatic heterocycles. The van der Waals surface area contributed by atoms with Crippen LogP contribution in [0.1, 0.15) is 50.9 Å². The summed E-state index contributed by atoms with van der Waals surface area (Å²) in [4.78, 5) is 11.3. The molecule has 0 bridgehead atoms. The highest BCUT2D eigenvalue weighted by atomic mass is 16.5. The average Bonchev–Trinajstić information content (AvgIpc) is 2.42. The third-order valence-electron chi connectivity index (χ3n) is 3.58. The van der Waals surface area contributed by atoms with Crippen LogP contribution in [0, 0.1) is 0 Å². The van der Waals surface area contributed by atoms with Gasteiger partial charge in [-0.25, -0.2) is 9.97 Å². The van der Waals surface area contributed by atoms with Crippen LogP contribution in [-0.4, -0.2) is 40.7 Å². The molecule has 0 N–H and O–H groups in total. The van der Waals surface area contributed by atoms with Gasteiger partial charge in [0.05, 0.1) is 6.10 Å². The Morgan fingerprint density at radius 2 is 1.89 bits per heavy atom. The van der Waals surface area contributed by atoms with Gasteiger partial charge in [-0.3, -0.25) is 4.90 Å². The smallest absolute Gasteiger partial charge is 0.130 e. The van der Waals surface area contributed by atoms with Gasteiger partial charge in [0.1, 0.15) is 5.82 Å². The van der Waals surface area contributed by atoms with E-state index in [9.17, 15) is 0 Å². The molecule has 2 heterocycles. The van der Waals surface area contributed by atoms with Gasteiger partial charge >= 0.3 is 0 Å². The van der Waals surface area contributed by atoms with Gasteiger partial charge in [0.2, 0.25) is 0 Å². The third-order valence-corrected chi connectivity index (χ3v) is 3.58. The van der Waals surface area contributed by atoms with E-state index in [-0.39, 0.29) is 0 Å². The van der Waals surface area contributed by atoms with Gasteiger partial charge in [-0.05, 0) is 19.8 Å². The molecule has 1 saturated heterocycles. The van der Waals surface area contributed by atoms with Gasteiger partial charge < -0.3 is 4.74 Å². The second-order valence-corrected chi connectivity index (χ2v) is 5.54. The summed E-state index contributed by atoms with van der Waals surface area (Å²) in [5.74, 6) is 1.33. The lowest BCUT2D eigenvalue weighted by Gasteiger charge is -2.31. The minimum absolute atomic E-state index is 0.399. The van der Waals surface area contributed by atoms with E-state index in [1.807, 2.05) is 12.4 Å². The molecule has 0 saturated carbocycles. The first-order valence-electron chi connectivity index (χ1n) is 7.33. The Morgan fingerprint density at radius 3 is 2.42 bits per heavy atom. The van der Waals surface area contributed by atoms with Gasteiger partial charge in [0.25, 0.3) is 0 Å². The molecular formula is C15H25N3O. The van der Waals surface area contributed by atoms with Gasteiger partial charge in [-0.2, -0.15) is 0 Å². The van der Waals surface area contributed by atoms with Gasteiger partial charge in [0.15, 0.2) is 0 Å². The van der Waals surface area contributed by atoms with Crippen LogP contribution in [0.25, 0.3) is 0 Å². The Labute approximate surface area is 116 Å². The lowest BCUT2D eigenvalue weighted by molar-refractivity contribution is 0.0125. The summed E-state index contributed by atoms with van der Waals surface area (Å²) < 4.78 is 5.67. The summed E-state index contributed by atoms with van der Waals surface area (Å²) in [5, 5.41) is 0. The van der Waals surface area contributed by atoms with Crippen LogP contribution >= 0.6 is 0 Å². The van der Waals surface area contributed by atoms with E-state index in [0.29, 0.717) is 12.0 Å². The molecule has 19 heavy (non-hydrogen) atoms. The maximum absolute atomic E-state index is 5.67. The van der Waals surface area contributed by atoms with Crippen molar-refractivity contribution in [3.8, 4) is 0 Å². The van der Waals surface area contributed by atoms with E-state index in [1.54, 1.807) is 0 Å². The van der Waals surface area contributed by atoms with Crippen molar-refractivity contribution in [2.45, 2.75) is 52.2 Å².